The average molecular weight is 267 g/mol. The molecule has 0 spiro atoms. The van der Waals surface area contributed by atoms with Crippen LogP contribution in [0.1, 0.15) is 48.8 Å². The van der Waals surface area contributed by atoms with Crippen molar-refractivity contribution in [3.63, 3.8) is 0 Å². The largest absolute Gasteiger partial charge is 0.309 e. The Labute approximate surface area is 115 Å². The van der Waals surface area contributed by atoms with Crippen molar-refractivity contribution in [1.82, 2.24) is 15.2 Å². The van der Waals surface area contributed by atoms with Crippen molar-refractivity contribution in [3.05, 3.63) is 15.6 Å². The third-order valence-corrected chi connectivity index (χ3v) is 5.39. The van der Waals surface area contributed by atoms with E-state index in [0.717, 1.165) is 19.6 Å². The van der Waals surface area contributed by atoms with Gasteiger partial charge in [0, 0.05) is 36.1 Å². The van der Waals surface area contributed by atoms with Crippen LogP contribution in [0.4, 0.5) is 0 Å². The van der Waals surface area contributed by atoms with Crippen molar-refractivity contribution in [3.8, 4) is 0 Å². The summed E-state index contributed by atoms with van der Waals surface area (Å²) in [6.45, 7) is 14.5. The van der Waals surface area contributed by atoms with Gasteiger partial charge in [-0.3, -0.25) is 4.90 Å². The van der Waals surface area contributed by atoms with E-state index in [4.69, 9.17) is 0 Å². The van der Waals surface area contributed by atoms with Crippen LogP contribution in [0.5, 0.6) is 0 Å². The Morgan fingerprint density at radius 3 is 2.78 bits per heavy atom. The monoisotopic (exact) mass is 267 g/mol. The summed E-state index contributed by atoms with van der Waals surface area (Å²) in [6, 6.07) is 0.490. The number of aryl methyl sites for hydroxylation is 2. The van der Waals surface area contributed by atoms with Crippen LogP contribution in [-0.4, -0.2) is 35.1 Å². The standard InChI is InChI=1S/C14H25N3S/c1-6-14(5)9-17(8-7-15-14)11(3)13-10(2)16-12(4)18-13/h11,15H,6-9H2,1-5H3. The number of rotatable bonds is 3. The topological polar surface area (TPSA) is 28.2 Å². The molecule has 1 aromatic heterocycles. The lowest BCUT2D eigenvalue weighted by atomic mass is 9.95. The maximum absolute atomic E-state index is 4.56. The van der Waals surface area contributed by atoms with E-state index in [2.05, 4.69) is 49.8 Å². The molecule has 1 fully saturated rings. The number of hydrogen-bond donors (Lipinski definition) is 1. The highest BCUT2D eigenvalue weighted by atomic mass is 32.1. The van der Waals surface area contributed by atoms with Gasteiger partial charge in [0.25, 0.3) is 0 Å². The van der Waals surface area contributed by atoms with Crippen LogP contribution >= 0.6 is 11.3 Å². The van der Waals surface area contributed by atoms with E-state index in [1.54, 1.807) is 0 Å². The zero-order valence-electron chi connectivity index (χ0n) is 12.2. The SMILES string of the molecule is CCC1(C)CN(C(C)c2sc(C)nc2C)CCN1. The molecule has 2 atom stereocenters. The summed E-state index contributed by atoms with van der Waals surface area (Å²) in [6.07, 6.45) is 1.18. The van der Waals surface area contributed by atoms with Gasteiger partial charge in [-0.1, -0.05) is 6.92 Å². The first-order chi connectivity index (χ1) is 8.45. The molecule has 0 saturated carbocycles. The fourth-order valence-corrected chi connectivity index (χ4v) is 3.77. The smallest absolute Gasteiger partial charge is 0.0900 e. The second-order valence-corrected chi connectivity index (χ2v) is 6.90. The molecule has 102 valence electrons. The molecule has 2 rings (SSSR count). The molecule has 18 heavy (non-hydrogen) atoms. The minimum absolute atomic E-state index is 0.264. The Bertz CT molecular complexity index is 415. The van der Waals surface area contributed by atoms with E-state index in [1.165, 1.54) is 22.0 Å². The van der Waals surface area contributed by atoms with Gasteiger partial charge in [-0.05, 0) is 34.1 Å². The van der Waals surface area contributed by atoms with E-state index in [0.29, 0.717) is 6.04 Å². The Morgan fingerprint density at radius 1 is 1.50 bits per heavy atom. The van der Waals surface area contributed by atoms with E-state index < -0.39 is 0 Å². The Balaban J connectivity index is 2.14. The second kappa shape index (κ2) is 5.27. The summed E-state index contributed by atoms with van der Waals surface area (Å²) in [4.78, 5) is 8.59. The number of hydrogen-bond acceptors (Lipinski definition) is 4. The van der Waals surface area contributed by atoms with Crippen LogP contribution in [0.3, 0.4) is 0 Å². The Kier molecular flexibility index (Phi) is 4.09. The van der Waals surface area contributed by atoms with Gasteiger partial charge in [0.15, 0.2) is 0 Å². The van der Waals surface area contributed by atoms with Gasteiger partial charge < -0.3 is 5.32 Å². The molecule has 2 unspecified atom stereocenters. The predicted molar refractivity (Wildman–Crippen MR) is 78.3 cm³/mol. The molecule has 2 heterocycles. The molecular formula is C14H25N3S. The lowest BCUT2D eigenvalue weighted by molar-refractivity contribution is 0.106. The molecule has 4 heteroatoms. The third kappa shape index (κ3) is 2.76. The number of aromatic nitrogens is 1. The van der Waals surface area contributed by atoms with Gasteiger partial charge in [-0.25, -0.2) is 4.98 Å². The summed E-state index contributed by atoms with van der Waals surface area (Å²) < 4.78 is 0. The number of thiazole rings is 1. The van der Waals surface area contributed by atoms with Gasteiger partial charge >= 0.3 is 0 Å². The number of nitrogens with one attached hydrogen (secondary N) is 1. The molecule has 3 nitrogen and oxygen atoms in total. The van der Waals surface area contributed by atoms with Crippen LogP contribution in [0.15, 0.2) is 0 Å². The first kappa shape index (κ1) is 14.0. The molecule has 0 radical (unpaired) electrons. The lowest BCUT2D eigenvalue weighted by Crippen LogP contribution is -2.58. The molecule has 1 aliphatic heterocycles. The normalized spacial score (nSPS) is 27.4. The van der Waals surface area contributed by atoms with Crippen LogP contribution in [0, 0.1) is 13.8 Å². The van der Waals surface area contributed by atoms with Gasteiger partial charge in [0.05, 0.1) is 10.7 Å². The second-order valence-electron chi connectivity index (χ2n) is 5.67. The van der Waals surface area contributed by atoms with E-state index in [-0.39, 0.29) is 5.54 Å². The Hall–Kier alpha value is -0.450. The highest BCUT2D eigenvalue weighted by Gasteiger charge is 2.32. The first-order valence-electron chi connectivity index (χ1n) is 6.88. The molecule has 0 aliphatic carbocycles. The van der Waals surface area contributed by atoms with Crippen molar-refractivity contribution in [2.24, 2.45) is 0 Å². The minimum atomic E-state index is 0.264. The molecule has 0 amide bonds. The maximum atomic E-state index is 4.56. The van der Waals surface area contributed by atoms with Crippen molar-refractivity contribution in [1.29, 1.82) is 0 Å². The first-order valence-corrected chi connectivity index (χ1v) is 7.70. The van der Waals surface area contributed by atoms with Gasteiger partial charge in [0.1, 0.15) is 0 Å². The summed E-state index contributed by atoms with van der Waals surface area (Å²) in [7, 11) is 0. The zero-order valence-corrected chi connectivity index (χ0v) is 13.0. The summed E-state index contributed by atoms with van der Waals surface area (Å²) in [5.41, 5.74) is 1.47. The Morgan fingerprint density at radius 2 is 2.22 bits per heavy atom. The molecule has 1 aromatic rings. The third-order valence-electron chi connectivity index (χ3n) is 4.15. The van der Waals surface area contributed by atoms with Crippen molar-refractivity contribution in [2.75, 3.05) is 19.6 Å². The van der Waals surface area contributed by atoms with Gasteiger partial charge in [-0.15, -0.1) is 11.3 Å². The molecule has 1 saturated heterocycles. The van der Waals surface area contributed by atoms with E-state index >= 15 is 0 Å². The van der Waals surface area contributed by atoms with Crippen LogP contribution < -0.4 is 5.32 Å². The highest BCUT2D eigenvalue weighted by Crippen LogP contribution is 2.31. The van der Waals surface area contributed by atoms with Gasteiger partial charge in [-0.2, -0.15) is 0 Å². The van der Waals surface area contributed by atoms with Crippen molar-refractivity contribution in [2.45, 2.75) is 52.6 Å². The van der Waals surface area contributed by atoms with Crippen LogP contribution in [0.25, 0.3) is 0 Å². The molecule has 0 aromatic carbocycles. The minimum Gasteiger partial charge on any atom is -0.309 e. The number of piperazine rings is 1. The molecule has 1 N–H and O–H groups in total. The average Bonchev–Trinajstić information content (AvgIpc) is 2.67. The fourth-order valence-electron chi connectivity index (χ4n) is 2.75. The maximum Gasteiger partial charge on any atom is 0.0900 e. The van der Waals surface area contributed by atoms with Crippen molar-refractivity contribution >= 4 is 11.3 Å². The quantitative estimate of drug-likeness (QED) is 0.913. The van der Waals surface area contributed by atoms with E-state index in [9.17, 15) is 0 Å². The summed E-state index contributed by atoms with van der Waals surface area (Å²) in [5.74, 6) is 0. The molecule has 0 bridgehead atoms. The van der Waals surface area contributed by atoms with Crippen molar-refractivity contribution < 1.29 is 0 Å². The zero-order chi connectivity index (χ0) is 13.3. The fraction of sp³-hybridized carbons (Fsp3) is 0.786. The van der Waals surface area contributed by atoms with Gasteiger partial charge in [0.2, 0.25) is 0 Å². The van der Waals surface area contributed by atoms with Crippen LogP contribution in [0.2, 0.25) is 0 Å². The summed E-state index contributed by atoms with van der Waals surface area (Å²) in [5, 5.41) is 4.83. The summed E-state index contributed by atoms with van der Waals surface area (Å²) >= 11 is 1.85. The highest BCUT2D eigenvalue weighted by molar-refractivity contribution is 7.11. The molecular weight excluding hydrogens is 242 g/mol. The van der Waals surface area contributed by atoms with E-state index in [1.807, 2.05) is 11.3 Å². The lowest BCUT2D eigenvalue weighted by Gasteiger charge is -2.43. The molecule has 1 aliphatic rings. The predicted octanol–water partition coefficient (Wildman–Crippen LogP) is 2.89. The number of nitrogens with zero attached hydrogens (tertiary/aromatic N) is 2. The van der Waals surface area contributed by atoms with Crippen LogP contribution in [-0.2, 0) is 0 Å².